The van der Waals surface area contributed by atoms with E-state index in [0.717, 1.165) is 31.7 Å². The molecular weight excluding hydrogens is 200 g/mol. The summed E-state index contributed by atoms with van der Waals surface area (Å²) in [5.74, 6) is 0. The number of hydrogen-bond acceptors (Lipinski definition) is 3. The summed E-state index contributed by atoms with van der Waals surface area (Å²) in [6.07, 6.45) is 4.44. The van der Waals surface area contributed by atoms with Crippen LogP contribution in [0.5, 0.6) is 0 Å². The predicted octanol–water partition coefficient (Wildman–Crippen LogP) is 1.39. The Morgan fingerprint density at radius 2 is 2.38 bits per heavy atom. The van der Waals surface area contributed by atoms with Crippen molar-refractivity contribution < 1.29 is 0 Å². The van der Waals surface area contributed by atoms with E-state index < -0.39 is 0 Å². The van der Waals surface area contributed by atoms with Gasteiger partial charge >= 0.3 is 0 Å². The number of aromatic nitrogens is 2. The number of nitrogens with zero attached hydrogens (tertiary/aromatic N) is 3. The number of hydrogen-bond donors (Lipinski definition) is 1. The molecule has 1 aliphatic heterocycles. The van der Waals surface area contributed by atoms with E-state index in [4.69, 9.17) is 5.73 Å². The smallest absolute Gasteiger partial charge is 0.0764 e. The van der Waals surface area contributed by atoms with Crippen LogP contribution in [-0.2, 0) is 6.54 Å². The third-order valence-electron chi connectivity index (χ3n) is 3.12. The zero-order valence-electron chi connectivity index (χ0n) is 10.3. The van der Waals surface area contributed by atoms with Crippen LogP contribution < -0.4 is 5.73 Å². The van der Waals surface area contributed by atoms with Gasteiger partial charge in [0, 0.05) is 31.4 Å². The van der Waals surface area contributed by atoms with E-state index in [0.29, 0.717) is 12.1 Å². The fourth-order valence-electron chi connectivity index (χ4n) is 2.21. The molecule has 0 aliphatic carbocycles. The highest BCUT2D eigenvalue weighted by Gasteiger charge is 2.17. The van der Waals surface area contributed by atoms with Gasteiger partial charge in [-0.2, -0.15) is 5.10 Å². The topological polar surface area (TPSA) is 47.1 Å². The van der Waals surface area contributed by atoms with Gasteiger partial charge in [0.1, 0.15) is 0 Å². The van der Waals surface area contributed by atoms with Gasteiger partial charge in [-0.3, -0.25) is 9.58 Å². The molecule has 0 aromatic carbocycles. The van der Waals surface area contributed by atoms with Crippen LogP contribution in [0.3, 0.4) is 0 Å². The predicted molar refractivity (Wildman–Crippen MR) is 65.1 cm³/mol. The van der Waals surface area contributed by atoms with Crippen molar-refractivity contribution in [1.29, 1.82) is 0 Å². The molecule has 0 bridgehead atoms. The highest BCUT2D eigenvalue weighted by Crippen LogP contribution is 2.12. The van der Waals surface area contributed by atoms with E-state index >= 15 is 0 Å². The lowest BCUT2D eigenvalue weighted by Crippen LogP contribution is -2.42. The molecule has 2 rings (SSSR count). The van der Waals surface area contributed by atoms with Gasteiger partial charge in [-0.05, 0) is 39.3 Å². The van der Waals surface area contributed by atoms with Crippen LogP contribution in [0, 0.1) is 0 Å². The van der Waals surface area contributed by atoms with E-state index in [1.165, 1.54) is 6.42 Å². The lowest BCUT2D eigenvalue weighted by Gasteiger charge is -2.29. The summed E-state index contributed by atoms with van der Waals surface area (Å²) < 4.78 is 2.01. The normalized spacial score (nSPS) is 22.9. The second kappa shape index (κ2) is 4.97. The fraction of sp³-hybridized carbons (Fsp3) is 0.750. The molecule has 0 saturated carbocycles. The van der Waals surface area contributed by atoms with Gasteiger partial charge in [0.15, 0.2) is 0 Å². The van der Waals surface area contributed by atoms with Gasteiger partial charge in [-0.25, -0.2) is 0 Å². The molecule has 0 spiro atoms. The summed E-state index contributed by atoms with van der Waals surface area (Å²) in [4.78, 5) is 2.40. The highest BCUT2D eigenvalue weighted by molar-refractivity contribution is 5.00. The van der Waals surface area contributed by atoms with Crippen molar-refractivity contribution in [3.63, 3.8) is 0 Å². The summed E-state index contributed by atoms with van der Waals surface area (Å²) in [5.41, 5.74) is 7.12. The molecule has 0 unspecified atom stereocenters. The lowest BCUT2D eigenvalue weighted by atomic mass is 10.1. The molecule has 1 aliphatic rings. The van der Waals surface area contributed by atoms with E-state index in [-0.39, 0.29) is 0 Å². The summed E-state index contributed by atoms with van der Waals surface area (Å²) >= 11 is 0. The molecule has 1 saturated heterocycles. The maximum Gasteiger partial charge on any atom is 0.0764 e. The monoisotopic (exact) mass is 222 g/mol. The van der Waals surface area contributed by atoms with Crippen molar-refractivity contribution in [3.8, 4) is 0 Å². The molecule has 1 aromatic rings. The number of rotatable bonds is 3. The number of likely N-dealkylation sites (tertiary alicyclic amines) is 1. The SMILES string of the molecule is CC(C)n1ccc(CN2CCC[C@@H](N)C2)n1. The lowest BCUT2D eigenvalue weighted by molar-refractivity contribution is 0.199. The maximum absolute atomic E-state index is 5.96. The maximum atomic E-state index is 5.96. The Morgan fingerprint density at radius 3 is 3.00 bits per heavy atom. The first kappa shape index (κ1) is 11.6. The molecule has 1 atom stereocenters. The highest BCUT2D eigenvalue weighted by atomic mass is 15.3. The van der Waals surface area contributed by atoms with Gasteiger partial charge in [0.25, 0.3) is 0 Å². The van der Waals surface area contributed by atoms with Crippen molar-refractivity contribution in [1.82, 2.24) is 14.7 Å². The van der Waals surface area contributed by atoms with Gasteiger partial charge in [0.2, 0.25) is 0 Å². The van der Waals surface area contributed by atoms with Crippen LogP contribution >= 0.6 is 0 Å². The van der Waals surface area contributed by atoms with Gasteiger partial charge in [-0.1, -0.05) is 0 Å². The molecule has 4 heteroatoms. The zero-order chi connectivity index (χ0) is 11.5. The Labute approximate surface area is 97.4 Å². The van der Waals surface area contributed by atoms with Crippen molar-refractivity contribution in [2.75, 3.05) is 13.1 Å². The molecule has 4 nitrogen and oxygen atoms in total. The Kier molecular flexibility index (Phi) is 3.61. The van der Waals surface area contributed by atoms with Crippen LogP contribution in [0.25, 0.3) is 0 Å². The Hall–Kier alpha value is -0.870. The zero-order valence-corrected chi connectivity index (χ0v) is 10.3. The summed E-state index contributed by atoms with van der Waals surface area (Å²) in [6, 6.07) is 2.90. The third-order valence-corrected chi connectivity index (χ3v) is 3.12. The van der Waals surface area contributed by atoms with Crippen molar-refractivity contribution in [2.24, 2.45) is 5.73 Å². The first-order chi connectivity index (χ1) is 7.65. The second-order valence-electron chi connectivity index (χ2n) is 5.02. The minimum atomic E-state index is 0.348. The van der Waals surface area contributed by atoms with Crippen LogP contribution in [0.15, 0.2) is 12.3 Å². The first-order valence-electron chi connectivity index (χ1n) is 6.17. The standard InChI is InChI=1S/C12H22N4/c1-10(2)16-7-5-12(14-16)9-15-6-3-4-11(13)8-15/h5,7,10-11H,3-4,6,8-9,13H2,1-2H3/t11-/m1/s1. The summed E-state index contributed by atoms with van der Waals surface area (Å²) in [7, 11) is 0. The average molecular weight is 222 g/mol. The molecule has 16 heavy (non-hydrogen) atoms. The molecule has 0 radical (unpaired) electrons. The minimum absolute atomic E-state index is 0.348. The van der Waals surface area contributed by atoms with E-state index in [1.54, 1.807) is 0 Å². The van der Waals surface area contributed by atoms with Crippen LogP contribution in [0.2, 0.25) is 0 Å². The van der Waals surface area contributed by atoms with Crippen molar-refractivity contribution >= 4 is 0 Å². The van der Waals surface area contributed by atoms with Crippen molar-refractivity contribution in [2.45, 2.75) is 45.3 Å². The Balaban J connectivity index is 1.92. The second-order valence-corrected chi connectivity index (χ2v) is 5.02. The van der Waals surface area contributed by atoms with Crippen LogP contribution in [-0.4, -0.2) is 33.8 Å². The Morgan fingerprint density at radius 1 is 1.56 bits per heavy atom. The Bertz CT molecular complexity index is 332. The molecule has 2 N–H and O–H groups in total. The minimum Gasteiger partial charge on any atom is -0.327 e. The molecular formula is C12H22N4. The van der Waals surface area contributed by atoms with Gasteiger partial charge in [-0.15, -0.1) is 0 Å². The van der Waals surface area contributed by atoms with Crippen LogP contribution in [0.1, 0.15) is 38.4 Å². The summed E-state index contributed by atoms with van der Waals surface area (Å²) in [6.45, 7) is 7.39. The molecule has 90 valence electrons. The molecule has 1 fully saturated rings. The largest absolute Gasteiger partial charge is 0.327 e. The number of nitrogens with two attached hydrogens (primary N) is 1. The average Bonchev–Trinajstić information content (AvgIpc) is 2.66. The fourth-order valence-corrected chi connectivity index (χ4v) is 2.21. The van der Waals surface area contributed by atoms with E-state index in [2.05, 4.69) is 36.1 Å². The first-order valence-corrected chi connectivity index (χ1v) is 6.17. The van der Waals surface area contributed by atoms with Crippen molar-refractivity contribution in [3.05, 3.63) is 18.0 Å². The van der Waals surface area contributed by atoms with Gasteiger partial charge < -0.3 is 5.73 Å². The van der Waals surface area contributed by atoms with E-state index in [9.17, 15) is 0 Å². The summed E-state index contributed by atoms with van der Waals surface area (Å²) in [5, 5.41) is 4.56. The van der Waals surface area contributed by atoms with E-state index in [1.807, 2.05) is 4.68 Å². The molecule has 1 aromatic heterocycles. The molecule has 2 heterocycles. The van der Waals surface area contributed by atoms with Crippen LogP contribution in [0.4, 0.5) is 0 Å². The molecule has 0 amide bonds. The van der Waals surface area contributed by atoms with Gasteiger partial charge in [0.05, 0.1) is 5.69 Å². The number of piperidine rings is 1. The third kappa shape index (κ3) is 2.83. The quantitative estimate of drug-likeness (QED) is 0.840.